The largest absolute Gasteiger partial charge is 0.349 e. The number of benzene rings is 1. The van der Waals surface area contributed by atoms with Gasteiger partial charge in [0.1, 0.15) is 5.82 Å². The molecule has 1 heterocycles. The van der Waals surface area contributed by atoms with Crippen LogP contribution in [0, 0.1) is 26.7 Å². The molecule has 2 atom stereocenters. The molecular weight excluding hydrogens is 298 g/mol. The van der Waals surface area contributed by atoms with Gasteiger partial charge in [0.15, 0.2) is 0 Å². The molecule has 4 nitrogen and oxygen atoms in total. The molecule has 4 heteroatoms. The summed E-state index contributed by atoms with van der Waals surface area (Å²) >= 11 is 0. The average molecular weight is 323 g/mol. The molecule has 2 N–H and O–H groups in total. The second-order valence-corrected chi connectivity index (χ2v) is 7.44. The molecule has 126 valence electrons. The Kier molecular flexibility index (Phi) is 3.70. The van der Waals surface area contributed by atoms with Crippen molar-refractivity contribution in [1.29, 1.82) is 0 Å². The number of carbonyl (C=O) groups is 1. The first-order valence-corrected chi connectivity index (χ1v) is 8.96. The lowest BCUT2D eigenvalue weighted by atomic mass is 9.88. The number of H-pyrrole nitrogens is 1. The number of amides is 1. The summed E-state index contributed by atoms with van der Waals surface area (Å²) < 4.78 is 0. The minimum Gasteiger partial charge on any atom is -0.349 e. The first-order chi connectivity index (χ1) is 11.5. The Hall–Kier alpha value is -2.10. The fourth-order valence-electron chi connectivity index (χ4n) is 4.50. The summed E-state index contributed by atoms with van der Waals surface area (Å²) in [5.74, 6) is 1.22. The van der Waals surface area contributed by atoms with Crippen molar-refractivity contribution in [3.05, 3.63) is 51.6 Å². The molecular formula is C20H25N3O. The second kappa shape index (κ2) is 5.76. The van der Waals surface area contributed by atoms with E-state index in [1.165, 1.54) is 22.3 Å². The predicted molar refractivity (Wildman–Crippen MR) is 94.0 cm³/mol. The van der Waals surface area contributed by atoms with Crippen molar-refractivity contribution >= 4 is 5.91 Å². The Bertz CT molecular complexity index is 805. The van der Waals surface area contributed by atoms with Gasteiger partial charge in [-0.1, -0.05) is 17.7 Å². The molecule has 1 aromatic carbocycles. The average Bonchev–Trinajstić information content (AvgIpc) is 3.08. The van der Waals surface area contributed by atoms with Gasteiger partial charge in [0.2, 0.25) is 5.91 Å². The third-order valence-electron chi connectivity index (χ3n) is 5.52. The zero-order valence-electron chi connectivity index (χ0n) is 14.7. The summed E-state index contributed by atoms with van der Waals surface area (Å²) in [6, 6.07) is 4.68. The lowest BCUT2D eigenvalue weighted by Gasteiger charge is -2.24. The zero-order chi connectivity index (χ0) is 16.8. The highest BCUT2D eigenvalue weighted by Gasteiger charge is 2.31. The van der Waals surface area contributed by atoms with E-state index in [9.17, 15) is 4.79 Å². The highest BCUT2D eigenvalue weighted by atomic mass is 16.1. The number of nitrogens with zero attached hydrogens (tertiary/aromatic N) is 1. The quantitative estimate of drug-likeness (QED) is 0.891. The molecule has 0 fully saturated rings. The number of hydrogen-bond acceptors (Lipinski definition) is 2. The van der Waals surface area contributed by atoms with Gasteiger partial charge in [-0.25, -0.2) is 4.98 Å². The smallest absolute Gasteiger partial charge is 0.223 e. The lowest BCUT2D eigenvalue weighted by Crippen LogP contribution is -2.36. The molecule has 4 rings (SSSR count). The standard InChI is InChI=1S/C20H25N3O/c1-11-8-12(2)19-14(9-11)4-7-17(19)23-20(24)15-5-6-16-18(10-15)22-13(3)21-16/h8-9,15,17H,4-7,10H2,1-3H3,(H,21,22)(H,23,24). The van der Waals surface area contributed by atoms with Gasteiger partial charge in [0, 0.05) is 18.0 Å². The number of aromatic nitrogens is 2. The molecule has 0 bridgehead atoms. The minimum atomic E-state index is 0.0622. The molecule has 0 radical (unpaired) electrons. The van der Waals surface area contributed by atoms with Crippen molar-refractivity contribution in [2.45, 2.75) is 58.9 Å². The van der Waals surface area contributed by atoms with Crippen molar-refractivity contribution in [1.82, 2.24) is 15.3 Å². The predicted octanol–water partition coefficient (Wildman–Crippen LogP) is 3.24. The summed E-state index contributed by atoms with van der Waals surface area (Å²) in [7, 11) is 0. The Labute approximate surface area is 143 Å². The van der Waals surface area contributed by atoms with E-state index in [4.69, 9.17) is 0 Å². The normalized spacial score (nSPS) is 22.1. The number of aromatic amines is 1. The van der Waals surface area contributed by atoms with Crippen molar-refractivity contribution in [3.8, 4) is 0 Å². The molecule has 0 aliphatic heterocycles. The van der Waals surface area contributed by atoms with Gasteiger partial charge in [0.05, 0.1) is 11.7 Å². The molecule has 24 heavy (non-hydrogen) atoms. The van der Waals surface area contributed by atoms with Gasteiger partial charge in [-0.3, -0.25) is 4.79 Å². The van der Waals surface area contributed by atoms with E-state index in [-0.39, 0.29) is 17.9 Å². The van der Waals surface area contributed by atoms with E-state index < -0.39 is 0 Å². The Morgan fingerprint density at radius 3 is 2.88 bits per heavy atom. The van der Waals surface area contributed by atoms with Crippen molar-refractivity contribution < 1.29 is 4.79 Å². The monoisotopic (exact) mass is 323 g/mol. The van der Waals surface area contributed by atoms with Crippen LogP contribution in [0.1, 0.15) is 58.3 Å². The Morgan fingerprint density at radius 2 is 2.04 bits per heavy atom. The van der Waals surface area contributed by atoms with Gasteiger partial charge in [-0.15, -0.1) is 0 Å². The van der Waals surface area contributed by atoms with Crippen LogP contribution in [0.2, 0.25) is 0 Å². The number of rotatable bonds is 2. The van der Waals surface area contributed by atoms with E-state index in [1.807, 2.05) is 6.92 Å². The van der Waals surface area contributed by atoms with Gasteiger partial charge in [-0.2, -0.15) is 0 Å². The van der Waals surface area contributed by atoms with Crippen molar-refractivity contribution in [3.63, 3.8) is 0 Å². The summed E-state index contributed by atoms with van der Waals surface area (Å²) in [5, 5.41) is 3.33. The summed E-state index contributed by atoms with van der Waals surface area (Å²) in [6.45, 7) is 6.29. The third kappa shape index (κ3) is 2.64. The molecule has 0 spiro atoms. The fraction of sp³-hybridized carbons (Fsp3) is 0.500. The summed E-state index contributed by atoms with van der Waals surface area (Å²) in [5.41, 5.74) is 7.68. The molecule has 0 saturated carbocycles. The number of nitrogens with one attached hydrogen (secondary N) is 2. The van der Waals surface area contributed by atoms with Crippen molar-refractivity contribution in [2.75, 3.05) is 0 Å². The van der Waals surface area contributed by atoms with Crippen LogP contribution in [0.5, 0.6) is 0 Å². The number of hydrogen-bond donors (Lipinski definition) is 2. The number of fused-ring (bicyclic) bond motifs is 2. The topological polar surface area (TPSA) is 57.8 Å². The maximum absolute atomic E-state index is 12.8. The van der Waals surface area contributed by atoms with E-state index in [0.29, 0.717) is 0 Å². The van der Waals surface area contributed by atoms with Crippen LogP contribution in [-0.2, 0) is 24.1 Å². The number of imidazole rings is 1. The zero-order valence-corrected chi connectivity index (χ0v) is 14.7. The Balaban J connectivity index is 1.49. The molecule has 1 aromatic heterocycles. The van der Waals surface area contributed by atoms with Crippen LogP contribution < -0.4 is 5.32 Å². The minimum absolute atomic E-state index is 0.0622. The van der Waals surface area contributed by atoms with E-state index in [0.717, 1.165) is 49.3 Å². The number of aryl methyl sites for hydroxylation is 5. The van der Waals surface area contributed by atoms with Gasteiger partial charge >= 0.3 is 0 Å². The first kappa shape index (κ1) is 15.4. The van der Waals surface area contributed by atoms with Crippen LogP contribution in [0.3, 0.4) is 0 Å². The van der Waals surface area contributed by atoms with Crippen LogP contribution in [0.4, 0.5) is 0 Å². The van der Waals surface area contributed by atoms with Crippen LogP contribution in [-0.4, -0.2) is 15.9 Å². The molecule has 2 unspecified atom stereocenters. The van der Waals surface area contributed by atoms with Gasteiger partial charge < -0.3 is 10.3 Å². The first-order valence-electron chi connectivity index (χ1n) is 8.96. The van der Waals surface area contributed by atoms with Gasteiger partial charge in [0.25, 0.3) is 0 Å². The van der Waals surface area contributed by atoms with E-state index in [1.54, 1.807) is 0 Å². The fourth-order valence-corrected chi connectivity index (χ4v) is 4.50. The second-order valence-electron chi connectivity index (χ2n) is 7.44. The van der Waals surface area contributed by atoms with Crippen LogP contribution in [0.25, 0.3) is 0 Å². The molecule has 2 aliphatic rings. The lowest BCUT2D eigenvalue weighted by molar-refractivity contribution is -0.126. The van der Waals surface area contributed by atoms with Crippen LogP contribution in [0.15, 0.2) is 12.1 Å². The summed E-state index contributed by atoms with van der Waals surface area (Å²) in [6.07, 6.45) is 4.67. The highest BCUT2D eigenvalue weighted by Crippen LogP contribution is 2.35. The number of carbonyl (C=O) groups excluding carboxylic acids is 1. The molecule has 1 amide bonds. The highest BCUT2D eigenvalue weighted by molar-refractivity contribution is 5.80. The maximum Gasteiger partial charge on any atom is 0.223 e. The van der Waals surface area contributed by atoms with E-state index >= 15 is 0 Å². The molecule has 0 saturated heterocycles. The van der Waals surface area contributed by atoms with Gasteiger partial charge in [-0.05, 0) is 63.1 Å². The Morgan fingerprint density at radius 1 is 1.21 bits per heavy atom. The maximum atomic E-state index is 12.8. The molecule has 2 aliphatic carbocycles. The molecule has 2 aromatic rings. The van der Waals surface area contributed by atoms with Crippen molar-refractivity contribution in [2.24, 2.45) is 5.92 Å². The van der Waals surface area contributed by atoms with Crippen LogP contribution >= 0.6 is 0 Å². The SMILES string of the molecule is Cc1cc(C)c2c(c1)CCC2NC(=O)C1CCc2nc(C)[nH]c2C1. The van der Waals surface area contributed by atoms with E-state index in [2.05, 4.69) is 41.3 Å². The third-order valence-corrected chi connectivity index (χ3v) is 5.52. The summed E-state index contributed by atoms with van der Waals surface area (Å²) in [4.78, 5) is 20.6.